The molecule has 1 aromatic rings. The van der Waals surface area contributed by atoms with Gasteiger partial charge in [-0.05, 0) is 18.4 Å². The molecule has 0 heterocycles. The average molecular weight is 309 g/mol. The van der Waals surface area contributed by atoms with Crippen molar-refractivity contribution in [1.29, 1.82) is 0 Å². The molecule has 0 unspecified atom stereocenters. The van der Waals surface area contributed by atoms with Crippen molar-refractivity contribution in [2.24, 2.45) is 0 Å². The minimum Gasteiger partial charge on any atom is -0.481 e. The van der Waals surface area contributed by atoms with E-state index in [-0.39, 0.29) is 19.4 Å². The lowest BCUT2D eigenvalue weighted by Gasteiger charge is -2.14. The second kappa shape index (κ2) is 9.38. The van der Waals surface area contributed by atoms with Gasteiger partial charge in [-0.2, -0.15) is 0 Å². The molecule has 120 valence electrons. The van der Waals surface area contributed by atoms with Crippen LogP contribution in [0.1, 0.15) is 31.2 Å². The van der Waals surface area contributed by atoms with Crippen molar-refractivity contribution in [3.8, 4) is 0 Å². The van der Waals surface area contributed by atoms with Gasteiger partial charge in [0.2, 0.25) is 0 Å². The van der Waals surface area contributed by atoms with Crippen molar-refractivity contribution in [3.63, 3.8) is 0 Å². The highest BCUT2D eigenvalue weighted by molar-refractivity contribution is 5.79. The third kappa shape index (κ3) is 7.28. The summed E-state index contributed by atoms with van der Waals surface area (Å²) < 4.78 is 4.95. The number of carboxylic acids is 2. The Bertz CT molecular complexity index is 502. The number of carbonyl (C=O) groups excluding carboxylic acids is 1. The van der Waals surface area contributed by atoms with Crippen LogP contribution in [0.2, 0.25) is 0 Å². The van der Waals surface area contributed by atoms with E-state index >= 15 is 0 Å². The molecule has 3 N–H and O–H groups in total. The summed E-state index contributed by atoms with van der Waals surface area (Å²) in [5, 5.41) is 19.8. The van der Waals surface area contributed by atoms with E-state index < -0.39 is 24.1 Å². The van der Waals surface area contributed by atoms with Gasteiger partial charge in [-0.1, -0.05) is 36.8 Å². The van der Waals surface area contributed by atoms with Gasteiger partial charge in [-0.3, -0.25) is 4.79 Å². The van der Waals surface area contributed by atoms with Crippen LogP contribution in [-0.4, -0.2) is 34.3 Å². The summed E-state index contributed by atoms with van der Waals surface area (Å²) in [5.74, 6) is -2.10. The van der Waals surface area contributed by atoms with Crippen LogP contribution in [-0.2, 0) is 20.9 Å². The number of benzene rings is 1. The molecule has 7 nitrogen and oxygen atoms in total. The number of hydrogen-bond acceptors (Lipinski definition) is 4. The van der Waals surface area contributed by atoms with Gasteiger partial charge in [0.1, 0.15) is 12.6 Å². The summed E-state index contributed by atoms with van der Waals surface area (Å²) in [6, 6.07) is 7.93. The Balaban J connectivity index is 2.34. The van der Waals surface area contributed by atoms with Crippen LogP contribution in [0.25, 0.3) is 0 Å². The zero-order chi connectivity index (χ0) is 16.4. The lowest BCUT2D eigenvalue weighted by Crippen LogP contribution is -2.41. The Morgan fingerprint density at radius 2 is 1.77 bits per heavy atom. The molecule has 1 amide bonds. The Labute approximate surface area is 127 Å². The van der Waals surface area contributed by atoms with Crippen LogP contribution in [0.15, 0.2) is 30.3 Å². The number of unbranched alkanes of at least 4 members (excludes halogenated alkanes) is 1. The molecule has 1 atom stereocenters. The smallest absolute Gasteiger partial charge is 0.408 e. The highest BCUT2D eigenvalue weighted by Gasteiger charge is 2.20. The molecule has 0 aliphatic carbocycles. The third-order valence-corrected chi connectivity index (χ3v) is 2.94. The summed E-state index contributed by atoms with van der Waals surface area (Å²) in [6.07, 6.45) is 0.0742. The topological polar surface area (TPSA) is 113 Å². The van der Waals surface area contributed by atoms with Gasteiger partial charge in [-0.15, -0.1) is 0 Å². The van der Waals surface area contributed by atoms with Gasteiger partial charge in [0.05, 0.1) is 0 Å². The second-order valence-corrected chi connectivity index (χ2v) is 4.74. The minimum absolute atomic E-state index is 0.0230. The molecule has 1 aromatic carbocycles. The van der Waals surface area contributed by atoms with Gasteiger partial charge in [0, 0.05) is 6.42 Å². The maximum atomic E-state index is 11.6. The number of aliphatic carboxylic acids is 2. The van der Waals surface area contributed by atoms with Crippen LogP contribution >= 0.6 is 0 Å². The van der Waals surface area contributed by atoms with Crippen molar-refractivity contribution < 1.29 is 29.3 Å². The number of alkyl carbamates (subject to hydrolysis) is 1. The largest absolute Gasteiger partial charge is 0.481 e. The normalized spacial score (nSPS) is 11.5. The molecule has 0 aromatic heterocycles. The summed E-state index contributed by atoms with van der Waals surface area (Å²) in [7, 11) is 0. The first kappa shape index (κ1) is 17.5. The fraction of sp³-hybridized carbons (Fsp3) is 0.400. The van der Waals surface area contributed by atoms with E-state index in [0.717, 1.165) is 5.56 Å². The molecule has 0 aliphatic rings. The average Bonchev–Trinajstić information content (AvgIpc) is 2.48. The summed E-state index contributed by atoms with van der Waals surface area (Å²) >= 11 is 0. The molecule has 1 rings (SSSR count). The van der Waals surface area contributed by atoms with E-state index in [1.807, 2.05) is 6.07 Å². The number of nitrogens with one attached hydrogen (secondary N) is 1. The predicted molar refractivity (Wildman–Crippen MR) is 77.3 cm³/mol. The van der Waals surface area contributed by atoms with Crippen molar-refractivity contribution in [3.05, 3.63) is 35.9 Å². The van der Waals surface area contributed by atoms with Gasteiger partial charge in [-0.25, -0.2) is 9.59 Å². The van der Waals surface area contributed by atoms with Gasteiger partial charge in [0.25, 0.3) is 0 Å². The summed E-state index contributed by atoms with van der Waals surface area (Å²) in [5.41, 5.74) is 0.797. The maximum absolute atomic E-state index is 11.6. The monoisotopic (exact) mass is 309 g/mol. The van der Waals surface area contributed by atoms with Crippen LogP contribution in [0.3, 0.4) is 0 Å². The first-order valence-electron chi connectivity index (χ1n) is 6.91. The minimum atomic E-state index is -1.17. The van der Waals surface area contributed by atoms with Crippen molar-refractivity contribution in [2.75, 3.05) is 0 Å². The quantitative estimate of drug-likeness (QED) is 0.601. The Morgan fingerprint density at radius 1 is 1.09 bits per heavy atom. The summed E-state index contributed by atoms with van der Waals surface area (Å²) in [4.78, 5) is 33.0. The number of rotatable bonds is 9. The first-order valence-corrected chi connectivity index (χ1v) is 6.91. The molecule has 0 spiro atoms. The van der Waals surface area contributed by atoms with E-state index in [1.54, 1.807) is 24.3 Å². The molecular formula is C15H19NO6. The van der Waals surface area contributed by atoms with Crippen LogP contribution < -0.4 is 5.32 Å². The third-order valence-electron chi connectivity index (χ3n) is 2.94. The fourth-order valence-corrected chi connectivity index (χ4v) is 1.79. The zero-order valence-corrected chi connectivity index (χ0v) is 12.0. The molecule has 0 saturated heterocycles. The fourth-order valence-electron chi connectivity index (χ4n) is 1.79. The standard InChI is InChI=1S/C15H19NO6/c17-13(18)9-5-4-8-12(14(19)20)16-15(21)22-10-11-6-2-1-3-7-11/h1-3,6-7,12H,4-5,8-10H2,(H,16,21)(H,17,18)(H,19,20)/t12-/m0/s1. The van der Waals surface area contributed by atoms with Crippen molar-refractivity contribution in [2.45, 2.75) is 38.3 Å². The molecule has 7 heteroatoms. The molecule has 0 bridgehead atoms. The Morgan fingerprint density at radius 3 is 2.36 bits per heavy atom. The molecular weight excluding hydrogens is 290 g/mol. The van der Waals surface area contributed by atoms with Gasteiger partial charge < -0.3 is 20.3 Å². The van der Waals surface area contributed by atoms with Gasteiger partial charge in [0.15, 0.2) is 0 Å². The number of ether oxygens (including phenoxy) is 1. The van der Waals surface area contributed by atoms with Crippen molar-refractivity contribution >= 4 is 18.0 Å². The first-order chi connectivity index (χ1) is 10.5. The number of carboxylic acid groups (broad SMARTS) is 2. The molecule has 0 saturated carbocycles. The van der Waals surface area contributed by atoms with E-state index in [4.69, 9.17) is 14.9 Å². The van der Waals surface area contributed by atoms with Crippen LogP contribution in [0.4, 0.5) is 4.79 Å². The number of carbonyl (C=O) groups is 3. The maximum Gasteiger partial charge on any atom is 0.408 e. The number of hydrogen-bond donors (Lipinski definition) is 3. The van der Waals surface area contributed by atoms with E-state index in [0.29, 0.717) is 12.8 Å². The SMILES string of the molecule is O=C(O)CCCC[C@H](NC(=O)OCc1ccccc1)C(=O)O. The van der Waals surface area contributed by atoms with Crippen LogP contribution in [0, 0.1) is 0 Å². The van der Waals surface area contributed by atoms with E-state index in [9.17, 15) is 14.4 Å². The second-order valence-electron chi connectivity index (χ2n) is 4.74. The number of amides is 1. The molecule has 0 aliphatic heterocycles. The van der Waals surface area contributed by atoms with E-state index in [2.05, 4.69) is 5.32 Å². The van der Waals surface area contributed by atoms with Crippen molar-refractivity contribution in [1.82, 2.24) is 5.32 Å². The molecule has 0 fully saturated rings. The summed E-state index contributed by atoms with van der Waals surface area (Å²) in [6.45, 7) is 0.0536. The Hall–Kier alpha value is -2.57. The van der Waals surface area contributed by atoms with E-state index in [1.165, 1.54) is 0 Å². The zero-order valence-electron chi connectivity index (χ0n) is 12.0. The lowest BCUT2D eigenvalue weighted by molar-refractivity contribution is -0.139. The highest BCUT2D eigenvalue weighted by Crippen LogP contribution is 2.06. The lowest BCUT2D eigenvalue weighted by atomic mass is 10.1. The molecule has 22 heavy (non-hydrogen) atoms. The van der Waals surface area contributed by atoms with Gasteiger partial charge >= 0.3 is 18.0 Å². The predicted octanol–water partition coefficient (Wildman–Crippen LogP) is 2.01. The Kier molecular flexibility index (Phi) is 7.45. The highest BCUT2D eigenvalue weighted by atomic mass is 16.5. The van der Waals surface area contributed by atoms with Crippen LogP contribution in [0.5, 0.6) is 0 Å². The molecule has 0 radical (unpaired) electrons.